The van der Waals surface area contributed by atoms with Gasteiger partial charge in [0, 0.05) is 6.61 Å². The van der Waals surface area contributed by atoms with Gasteiger partial charge in [-0.25, -0.2) is 0 Å². The molecule has 0 saturated carbocycles. The summed E-state index contributed by atoms with van der Waals surface area (Å²) in [6.07, 6.45) is 3.85. The van der Waals surface area contributed by atoms with E-state index in [1.807, 2.05) is 13.0 Å². The van der Waals surface area contributed by atoms with Gasteiger partial charge in [0.1, 0.15) is 0 Å². The Hall–Kier alpha value is -1.51. The minimum absolute atomic E-state index is 0.0419. The monoisotopic (exact) mass is 540 g/mol. The molecule has 0 spiro atoms. The summed E-state index contributed by atoms with van der Waals surface area (Å²) < 4.78 is 13.7. The standard InChI is InChI=1S/C32H52O3Si2/c1-25(2)36(26(3)4,27(5)6)35-28(7)31(33)23-17-18-24-34-37(32(8,9)10,29-19-13-11-14-20-29)30-21-15-12-16-22-30/h11-17,19-23,25-28,31,33H,18,24H2,1-10H3/b23-17+/t28-,31+/m0/s1. The summed E-state index contributed by atoms with van der Waals surface area (Å²) in [6, 6.07) is 21.5. The molecule has 0 heterocycles. The summed E-state index contributed by atoms with van der Waals surface area (Å²) in [7, 11) is -4.58. The van der Waals surface area contributed by atoms with Gasteiger partial charge in [-0.2, -0.15) is 0 Å². The lowest BCUT2D eigenvalue weighted by Crippen LogP contribution is -2.66. The molecule has 3 nitrogen and oxygen atoms in total. The molecule has 0 saturated heterocycles. The third-order valence-electron chi connectivity index (χ3n) is 7.93. The Bertz CT molecular complexity index is 888. The Morgan fingerprint density at radius 2 is 1.19 bits per heavy atom. The van der Waals surface area contributed by atoms with Gasteiger partial charge in [-0.3, -0.25) is 0 Å². The first-order valence-corrected chi connectivity index (χ1v) is 18.1. The maximum atomic E-state index is 10.9. The van der Waals surface area contributed by atoms with Crippen molar-refractivity contribution >= 4 is 27.0 Å². The minimum Gasteiger partial charge on any atom is -0.410 e. The van der Waals surface area contributed by atoms with Gasteiger partial charge in [0.15, 0.2) is 0 Å². The van der Waals surface area contributed by atoms with Gasteiger partial charge in [-0.1, -0.05) is 135 Å². The molecule has 0 unspecified atom stereocenters. The number of rotatable bonds is 13. The Morgan fingerprint density at radius 1 is 0.757 bits per heavy atom. The van der Waals surface area contributed by atoms with Gasteiger partial charge in [0.05, 0.1) is 12.2 Å². The molecule has 5 heteroatoms. The summed E-state index contributed by atoms with van der Waals surface area (Å²) >= 11 is 0. The van der Waals surface area contributed by atoms with Crippen LogP contribution >= 0.6 is 0 Å². The van der Waals surface area contributed by atoms with Gasteiger partial charge >= 0.3 is 0 Å². The first-order chi connectivity index (χ1) is 17.3. The van der Waals surface area contributed by atoms with Crippen LogP contribution in [0.25, 0.3) is 0 Å². The van der Waals surface area contributed by atoms with Crippen molar-refractivity contribution in [3.8, 4) is 0 Å². The highest BCUT2D eigenvalue weighted by atomic mass is 28.4. The topological polar surface area (TPSA) is 38.7 Å². The molecule has 0 aliphatic heterocycles. The second-order valence-electron chi connectivity index (χ2n) is 12.4. The van der Waals surface area contributed by atoms with Crippen LogP contribution in [-0.4, -0.2) is 40.6 Å². The molecule has 0 bridgehead atoms. The quantitative estimate of drug-likeness (QED) is 0.163. The van der Waals surface area contributed by atoms with Gasteiger partial charge < -0.3 is 14.0 Å². The van der Waals surface area contributed by atoms with Crippen molar-refractivity contribution in [1.82, 2.24) is 0 Å². The van der Waals surface area contributed by atoms with E-state index in [9.17, 15) is 5.11 Å². The summed E-state index contributed by atoms with van der Waals surface area (Å²) in [5.41, 5.74) is 1.47. The molecular formula is C32H52O3Si2. The molecule has 0 radical (unpaired) electrons. The molecular weight excluding hydrogens is 489 g/mol. The molecule has 2 aromatic carbocycles. The lowest BCUT2D eigenvalue weighted by atomic mass is 10.2. The SMILES string of the molecule is CC(C)[Si](O[C@@H](C)[C@H](O)/C=C/CCO[Si](c1ccccc1)(c1ccccc1)C(C)(C)C)(C(C)C)C(C)C. The molecule has 0 fully saturated rings. The fourth-order valence-corrected chi connectivity index (χ4v) is 16.4. The van der Waals surface area contributed by atoms with Gasteiger partial charge in [-0.05, 0) is 45.4 Å². The molecule has 0 aliphatic rings. The number of hydrogen-bond acceptors (Lipinski definition) is 3. The lowest BCUT2D eigenvalue weighted by molar-refractivity contribution is 0.0659. The molecule has 0 amide bonds. The third-order valence-corrected chi connectivity index (χ3v) is 19.2. The van der Waals surface area contributed by atoms with Gasteiger partial charge in [0.25, 0.3) is 8.32 Å². The largest absolute Gasteiger partial charge is 0.410 e. The van der Waals surface area contributed by atoms with Crippen molar-refractivity contribution in [3.63, 3.8) is 0 Å². The van der Waals surface area contributed by atoms with Crippen LogP contribution in [0.1, 0.15) is 75.7 Å². The molecule has 2 atom stereocenters. The molecule has 2 rings (SSSR count). The zero-order chi connectivity index (χ0) is 27.9. The summed E-state index contributed by atoms with van der Waals surface area (Å²) in [5.74, 6) is 0. The number of aliphatic hydroxyl groups excluding tert-OH is 1. The van der Waals surface area contributed by atoms with E-state index in [4.69, 9.17) is 8.85 Å². The van der Waals surface area contributed by atoms with E-state index < -0.39 is 22.7 Å². The molecule has 206 valence electrons. The molecule has 0 aromatic heterocycles. The van der Waals surface area contributed by atoms with Crippen LogP contribution in [-0.2, 0) is 8.85 Å². The molecule has 1 N–H and O–H groups in total. The normalized spacial score (nSPS) is 15.2. The van der Waals surface area contributed by atoms with E-state index in [0.717, 1.165) is 6.42 Å². The summed E-state index contributed by atoms with van der Waals surface area (Å²) in [4.78, 5) is 0. The Labute approximate surface area is 229 Å². The maximum absolute atomic E-state index is 10.9. The smallest absolute Gasteiger partial charge is 0.261 e. The molecule has 37 heavy (non-hydrogen) atoms. The van der Waals surface area contributed by atoms with E-state index in [1.54, 1.807) is 0 Å². The summed E-state index contributed by atoms with van der Waals surface area (Å²) in [5, 5.41) is 13.5. The fourth-order valence-electron chi connectivity index (χ4n) is 6.23. The van der Waals surface area contributed by atoms with Crippen LogP contribution in [0.3, 0.4) is 0 Å². The Kier molecular flexibility index (Phi) is 11.6. The van der Waals surface area contributed by atoms with Gasteiger partial charge in [0.2, 0.25) is 8.32 Å². The molecule has 2 aromatic rings. The highest BCUT2D eigenvalue weighted by Crippen LogP contribution is 2.43. The predicted molar refractivity (Wildman–Crippen MR) is 165 cm³/mol. The van der Waals surface area contributed by atoms with Gasteiger partial charge in [-0.15, -0.1) is 0 Å². The first kappa shape index (κ1) is 31.7. The van der Waals surface area contributed by atoms with E-state index >= 15 is 0 Å². The fraction of sp³-hybridized carbons (Fsp3) is 0.562. The number of hydrogen-bond donors (Lipinski definition) is 1. The van der Waals surface area contributed by atoms with Crippen molar-refractivity contribution in [2.75, 3.05) is 6.61 Å². The van der Waals surface area contributed by atoms with Crippen molar-refractivity contribution in [2.45, 2.75) is 110 Å². The number of benzene rings is 2. The second-order valence-corrected chi connectivity index (χ2v) is 22.1. The van der Waals surface area contributed by atoms with Crippen LogP contribution in [0.2, 0.25) is 21.7 Å². The van der Waals surface area contributed by atoms with Crippen molar-refractivity contribution in [2.24, 2.45) is 0 Å². The van der Waals surface area contributed by atoms with Crippen LogP contribution in [0.4, 0.5) is 0 Å². The van der Waals surface area contributed by atoms with Crippen molar-refractivity contribution in [1.29, 1.82) is 0 Å². The Balaban J connectivity index is 2.17. The first-order valence-electron chi connectivity index (χ1n) is 14.1. The predicted octanol–water partition coefficient (Wildman–Crippen LogP) is 7.45. The van der Waals surface area contributed by atoms with E-state index in [2.05, 4.69) is 129 Å². The highest BCUT2D eigenvalue weighted by Gasteiger charge is 2.50. The number of aliphatic hydroxyl groups is 1. The van der Waals surface area contributed by atoms with Crippen molar-refractivity contribution < 1.29 is 14.0 Å². The zero-order valence-corrected chi connectivity index (χ0v) is 27.0. The third kappa shape index (κ3) is 7.13. The molecule has 0 aliphatic carbocycles. The Morgan fingerprint density at radius 3 is 1.57 bits per heavy atom. The van der Waals surface area contributed by atoms with E-state index in [0.29, 0.717) is 23.2 Å². The summed E-state index contributed by atoms with van der Waals surface area (Å²) in [6.45, 7) is 23.2. The lowest BCUT2D eigenvalue weighted by Gasteiger charge is -2.44. The van der Waals surface area contributed by atoms with Crippen LogP contribution in [0.15, 0.2) is 72.8 Å². The van der Waals surface area contributed by atoms with E-state index in [1.165, 1.54) is 10.4 Å². The maximum Gasteiger partial charge on any atom is 0.261 e. The van der Waals surface area contributed by atoms with Crippen LogP contribution in [0, 0.1) is 0 Å². The average Bonchev–Trinajstić information content (AvgIpc) is 2.84. The van der Waals surface area contributed by atoms with E-state index in [-0.39, 0.29) is 11.1 Å². The van der Waals surface area contributed by atoms with Crippen molar-refractivity contribution in [3.05, 3.63) is 72.8 Å². The zero-order valence-electron chi connectivity index (χ0n) is 25.0. The van der Waals surface area contributed by atoms with Crippen LogP contribution in [0.5, 0.6) is 0 Å². The highest BCUT2D eigenvalue weighted by molar-refractivity contribution is 6.99. The minimum atomic E-state index is -2.53. The van der Waals surface area contributed by atoms with Crippen LogP contribution < -0.4 is 10.4 Å². The average molecular weight is 541 g/mol. The second kappa shape index (κ2) is 13.5.